The second kappa shape index (κ2) is 15.0. The van der Waals surface area contributed by atoms with E-state index in [2.05, 4.69) is 74.3 Å². The number of halogens is 1. The van der Waals surface area contributed by atoms with Crippen LogP contribution in [0, 0.1) is 13.8 Å². The molecular weight excluding hydrogens is 395 g/mol. The number of rotatable bonds is 8. The van der Waals surface area contributed by atoms with Gasteiger partial charge in [0.2, 0.25) is 0 Å². The fourth-order valence-corrected chi connectivity index (χ4v) is 2.67. The Kier molecular flexibility index (Phi) is 16.2. The Balaban J connectivity index is 0. The van der Waals surface area contributed by atoms with Gasteiger partial charge in [-0.1, -0.05) is 29.3 Å². The molecule has 0 aromatic heterocycles. The normalized spacial score (nSPS) is 10.4. The summed E-state index contributed by atoms with van der Waals surface area (Å²) in [6, 6.07) is 8.38. The second-order valence-corrected chi connectivity index (χ2v) is 7.92. The van der Waals surface area contributed by atoms with Gasteiger partial charge in [0, 0.05) is 28.8 Å². The van der Waals surface area contributed by atoms with Crippen LogP contribution >= 0.6 is 28.1 Å². The molecule has 0 fully saturated rings. The molecule has 0 saturated heterocycles. The summed E-state index contributed by atoms with van der Waals surface area (Å²) in [5, 5.41) is 0. The van der Waals surface area contributed by atoms with Gasteiger partial charge in [-0.25, -0.2) is 0 Å². The molecule has 0 radical (unpaired) electrons. The van der Waals surface area contributed by atoms with Crippen LogP contribution in [0.15, 0.2) is 28.7 Å². The van der Waals surface area contributed by atoms with Gasteiger partial charge in [0.15, 0.2) is 0 Å². The third kappa shape index (κ3) is 13.7. The van der Waals surface area contributed by atoms with E-state index in [1.807, 2.05) is 0 Å². The predicted molar refractivity (Wildman–Crippen MR) is 108 cm³/mol. The Morgan fingerprint density at radius 2 is 1.72 bits per heavy atom. The van der Waals surface area contributed by atoms with Crippen molar-refractivity contribution in [1.82, 2.24) is 4.31 Å². The van der Waals surface area contributed by atoms with Crippen molar-refractivity contribution in [1.29, 1.82) is 0 Å². The summed E-state index contributed by atoms with van der Waals surface area (Å²) in [5.41, 5.74) is 0.842. The van der Waals surface area contributed by atoms with E-state index in [1.165, 1.54) is 12.2 Å². The van der Waals surface area contributed by atoms with E-state index in [-0.39, 0.29) is 24.5 Å². The van der Waals surface area contributed by atoms with Crippen LogP contribution in [0.4, 0.5) is 5.69 Å². The van der Waals surface area contributed by atoms with Crippen molar-refractivity contribution in [2.75, 3.05) is 23.9 Å². The molecule has 0 aliphatic heterocycles. The van der Waals surface area contributed by atoms with Gasteiger partial charge >= 0.3 is 18.9 Å². The van der Waals surface area contributed by atoms with Gasteiger partial charge in [0.1, 0.15) is 0 Å². The fraction of sp³-hybridized carbons (Fsp3) is 0.500. The first-order chi connectivity index (χ1) is 11.3. The molecule has 1 aromatic carbocycles. The molecule has 0 N–H and O–H groups in total. The van der Waals surface area contributed by atoms with Crippen LogP contribution in [-0.4, -0.2) is 36.0 Å². The van der Waals surface area contributed by atoms with Crippen molar-refractivity contribution < 1.29 is 28.4 Å². The molecule has 1 rings (SSSR count). The Labute approximate surface area is 178 Å². The molecule has 0 atom stereocenters. The van der Waals surface area contributed by atoms with Gasteiger partial charge < -0.3 is 27.7 Å². The molecule has 0 amide bonds. The number of anilines is 1. The van der Waals surface area contributed by atoms with Crippen molar-refractivity contribution in [2.45, 2.75) is 39.7 Å². The van der Waals surface area contributed by atoms with Gasteiger partial charge in [0.05, 0.1) is 5.60 Å². The molecule has 0 saturated carbocycles. The topological polar surface area (TPSA) is 32.8 Å². The maximum atomic E-state index is 9.47. The number of benzene rings is 1. The summed E-state index contributed by atoms with van der Waals surface area (Å²) in [4.78, 5) is 9.47. The molecule has 0 aliphatic rings. The minimum Gasteiger partial charge on any atom is -0.649 e. The molecule has 0 spiro atoms. The molecule has 0 unspecified atom stereocenters. The van der Waals surface area contributed by atoms with Crippen LogP contribution in [0.3, 0.4) is 0 Å². The monoisotopic (exact) mass is 422 g/mol. The summed E-state index contributed by atoms with van der Waals surface area (Å²) in [5.74, 6) is 0. The fourth-order valence-electron chi connectivity index (χ4n) is 1.49. The first-order valence-corrected chi connectivity index (χ1v) is 9.39. The average molecular weight is 423 g/mol. The standard InChI is InChI=1S/C13H19BrN2S.C5H9O2.Li/c1-4-11-16(17-15(5-2)6-3)13-9-7-12(14)8-10-13;1-5(2,3)7-4-6;/h7-10H,2-6,11H2,1H3;1-3H3;/q-2;-1;+1. The Morgan fingerprint density at radius 1 is 1.20 bits per heavy atom. The SMILES string of the molecule is CC(C)(C)O[C-]=O.[CH2-]CN(C[CH2-])SN(CCC)c1ccc(Br)cc1.[Li+]. The molecule has 4 nitrogen and oxygen atoms in total. The zero-order valence-corrected chi connectivity index (χ0v) is 18.5. The molecule has 0 aliphatic carbocycles. The number of hydrogen-bond acceptors (Lipinski definition) is 5. The van der Waals surface area contributed by atoms with Crippen molar-refractivity contribution >= 4 is 40.2 Å². The Bertz CT molecular complexity index is 451. The van der Waals surface area contributed by atoms with Crippen molar-refractivity contribution in [2.24, 2.45) is 0 Å². The van der Waals surface area contributed by atoms with E-state index in [0.717, 1.165) is 30.5 Å². The number of hydrogen-bond donors (Lipinski definition) is 0. The van der Waals surface area contributed by atoms with E-state index in [9.17, 15) is 4.79 Å². The van der Waals surface area contributed by atoms with Crippen molar-refractivity contribution in [3.8, 4) is 0 Å². The van der Waals surface area contributed by atoms with Crippen molar-refractivity contribution in [3.05, 3.63) is 42.6 Å². The molecular formula is C18H28BrLiN2O2S-2. The van der Waals surface area contributed by atoms with Crippen LogP contribution in [0.1, 0.15) is 34.1 Å². The third-order valence-corrected chi connectivity index (χ3v) is 4.32. The molecule has 0 heterocycles. The van der Waals surface area contributed by atoms with Crippen LogP contribution in [0.5, 0.6) is 0 Å². The molecule has 1 aromatic rings. The summed E-state index contributed by atoms with van der Waals surface area (Å²) in [6.07, 6.45) is 1.12. The van der Waals surface area contributed by atoms with Crippen LogP contribution < -0.4 is 23.2 Å². The summed E-state index contributed by atoms with van der Waals surface area (Å²) < 4.78 is 9.95. The van der Waals surface area contributed by atoms with E-state index in [1.54, 1.807) is 32.9 Å². The summed E-state index contributed by atoms with van der Waals surface area (Å²) in [6.45, 7) is 19.3. The minimum atomic E-state index is -0.373. The predicted octanol–water partition coefficient (Wildman–Crippen LogP) is 2.07. The molecule has 0 bridgehead atoms. The van der Waals surface area contributed by atoms with Crippen molar-refractivity contribution in [3.63, 3.8) is 0 Å². The summed E-state index contributed by atoms with van der Waals surface area (Å²) in [7, 11) is 0. The zero-order chi connectivity index (χ0) is 18.6. The number of ether oxygens (including phenoxy) is 1. The minimum absolute atomic E-state index is 0. The van der Waals surface area contributed by atoms with Crippen LogP contribution in [0.25, 0.3) is 0 Å². The van der Waals surface area contributed by atoms with E-state index < -0.39 is 0 Å². The Hall–Kier alpha value is -0.123. The van der Waals surface area contributed by atoms with E-state index in [0.29, 0.717) is 0 Å². The van der Waals surface area contributed by atoms with Gasteiger partial charge in [-0.3, -0.25) is 4.31 Å². The molecule has 7 heteroatoms. The molecule has 25 heavy (non-hydrogen) atoms. The van der Waals surface area contributed by atoms with E-state index in [4.69, 9.17) is 0 Å². The maximum absolute atomic E-state index is 9.47. The summed E-state index contributed by atoms with van der Waals surface area (Å²) >= 11 is 5.16. The maximum Gasteiger partial charge on any atom is 1.00 e. The first kappa shape index (κ1) is 27.1. The molecule has 138 valence electrons. The Morgan fingerprint density at radius 3 is 2.04 bits per heavy atom. The van der Waals surface area contributed by atoms with E-state index >= 15 is 0 Å². The first-order valence-electron chi connectivity index (χ1n) is 7.87. The third-order valence-electron chi connectivity index (χ3n) is 2.60. The second-order valence-electron chi connectivity index (χ2n) is 5.89. The van der Waals surface area contributed by atoms with Gasteiger partial charge in [-0.05, 0) is 51.5 Å². The number of nitrogens with zero attached hydrogens (tertiary/aromatic N) is 2. The number of carbonyl (C=O) groups excluding carboxylic acids is 1. The van der Waals surface area contributed by atoms with Crippen LogP contribution in [-0.2, 0) is 9.53 Å². The zero-order valence-electron chi connectivity index (χ0n) is 16.0. The van der Waals surface area contributed by atoms with Gasteiger partial charge in [-0.2, -0.15) is 0 Å². The quantitative estimate of drug-likeness (QED) is 0.363. The van der Waals surface area contributed by atoms with Crippen LogP contribution in [0.2, 0.25) is 0 Å². The van der Waals surface area contributed by atoms with Gasteiger partial charge in [0.25, 0.3) is 0 Å². The van der Waals surface area contributed by atoms with Gasteiger partial charge in [-0.15, -0.1) is 13.1 Å². The largest absolute Gasteiger partial charge is 1.00 e. The smallest absolute Gasteiger partial charge is 0.649 e. The average Bonchev–Trinajstić information content (AvgIpc) is 2.52.